The van der Waals surface area contributed by atoms with Crippen molar-refractivity contribution in [2.75, 3.05) is 6.61 Å². The summed E-state index contributed by atoms with van der Waals surface area (Å²) in [6.45, 7) is 4.65. The molecule has 2 nitrogen and oxygen atoms in total. The van der Waals surface area contributed by atoms with Gasteiger partial charge in [-0.1, -0.05) is 19.8 Å². The molecule has 0 aromatic carbocycles. The molecule has 0 radical (unpaired) electrons. The van der Waals surface area contributed by atoms with E-state index in [0.29, 0.717) is 18.4 Å². The fourth-order valence-corrected chi connectivity index (χ4v) is 3.70. The van der Waals surface area contributed by atoms with Crippen molar-refractivity contribution in [2.24, 2.45) is 17.3 Å². The summed E-state index contributed by atoms with van der Waals surface area (Å²) in [5.74, 6) is 1.69. The standard InChI is InChI=1S/C12H20O2/c1-3-9-10-6-5-7-12(9,10)8-11(13)14-4-2/h9-10H,3-8H2,1-2H3. The smallest absolute Gasteiger partial charge is 0.306 e. The minimum absolute atomic E-state index is 0.0235. The Bertz CT molecular complexity index is 230. The molecule has 0 heterocycles. The number of ether oxygens (including phenoxy) is 1. The van der Waals surface area contributed by atoms with Crippen molar-refractivity contribution < 1.29 is 9.53 Å². The molecule has 0 bridgehead atoms. The molecular weight excluding hydrogens is 176 g/mol. The van der Waals surface area contributed by atoms with E-state index >= 15 is 0 Å². The van der Waals surface area contributed by atoms with E-state index in [0.717, 1.165) is 11.8 Å². The molecule has 0 aromatic rings. The van der Waals surface area contributed by atoms with Crippen molar-refractivity contribution in [2.45, 2.75) is 46.0 Å². The Balaban J connectivity index is 1.93. The van der Waals surface area contributed by atoms with Crippen LogP contribution < -0.4 is 0 Å². The highest BCUT2D eigenvalue weighted by Gasteiger charge is 2.65. The zero-order chi connectivity index (χ0) is 10.2. The first-order valence-corrected chi connectivity index (χ1v) is 5.90. The molecule has 3 unspecified atom stereocenters. The molecule has 2 saturated carbocycles. The average molecular weight is 196 g/mol. The van der Waals surface area contributed by atoms with E-state index in [-0.39, 0.29) is 5.97 Å². The van der Waals surface area contributed by atoms with Crippen LogP contribution >= 0.6 is 0 Å². The van der Waals surface area contributed by atoms with Gasteiger partial charge >= 0.3 is 5.97 Å². The Kier molecular flexibility index (Phi) is 2.54. The van der Waals surface area contributed by atoms with Gasteiger partial charge in [0.2, 0.25) is 0 Å². The third kappa shape index (κ3) is 1.35. The number of hydrogen-bond donors (Lipinski definition) is 0. The lowest BCUT2D eigenvalue weighted by atomic mass is 9.95. The van der Waals surface area contributed by atoms with Gasteiger partial charge in [-0.3, -0.25) is 4.79 Å². The van der Waals surface area contributed by atoms with E-state index in [9.17, 15) is 4.79 Å². The molecule has 0 saturated heterocycles. The van der Waals surface area contributed by atoms with E-state index in [1.807, 2.05) is 6.92 Å². The van der Waals surface area contributed by atoms with E-state index < -0.39 is 0 Å². The van der Waals surface area contributed by atoms with Gasteiger partial charge in [0.05, 0.1) is 13.0 Å². The molecule has 2 fully saturated rings. The largest absolute Gasteiger partial charge is 0.466 e. The van der Waals surface area contributed by atoms with Gasteiger partial charge in [0, 0.05) is 0 Å². The van der Waals surface area contributed by atoms with Crippen LogP contribution in [0.15, 0.2) is 0 Å². The maximum atomic E-state index is 11.5. The Hall–Kier alpha value is -0.530. The summed E-state index contributed by atoms with van der Waals surface area (Å²) >= 11 is 0. The van der Waals surface area contributed by atoms with Gasteiger partial charge in [0.1, 0.15) is 0 Å². The zero-order valence-electron chi connectivity index (χ0n) is 9.21. The third-order valence-electron chi connectivity index (χ3n) is 4.23. The van der Waals surface area contributed by atoms with Gasteiger partial charge < -0.3 is 4.74 Å². The first-order valence-electron chi connectivity index (χ1n) is 5.90. The Morgan fingerprint density at radius 3 is 2.86 bits per heavy atom. The third-order valence-corrected chi connectivity index (χ3v) is 4.23. The molecule has 2 aliphatic rings. The number of esters is 1. The molecule has 14 heavy (non-hydrogen) atoms. The van der Waals surface area contributed by atoms with Crippen LogP contribution in [0.5, 0.6) is 0 Å². The number of hydrogen-bond acceptors (Lipinski definition) is 2. The van der Waals surface area contributed by atoms with Crippen molar-refractivity contribution in [1.29, 1.82) is 0 Å². The molecule has 0 aliphatic heterocycles. The predicted octanol–water partition coefficient (Wildman–Crippen LogP) is 2.77. The monoisotopic (exact) mass is 196 g/mol. The number of carbonyl (C=O) groups excluding carboxylic acids is 1. The summed E-state index contributed by atoms with van der Waals surface area (Å²) in [4.78, 5) is 11.5. The summed E-state index contributed by atoms with van der Waals surface area (Å²) in [7, 11) is 0. The maximum absolute atomic E-state index is 11.5. The average Bonchev–Trinajstić information content (AvgIpc) is 2.51. The molecule has 0 spiro atoms. The lowest BCUT2D eigenvalue weighted by Crippen LogP contribution is -2.13. The summed E-state index contributed by atoms with van der Waals surface area (Å²) in [5, 5.41) is 0. The van der Waals surface area contributed by atoms with Gasteiger partial charge in [0.15, 0.2) is 0 Å². The minimum Gasteiger partial charge on any atom is -0.466 e. The molecule has 0 N–H and O–H groups in total. The van der Waals surface area contributed by atoms with E-state index in [1.54, 1.807) is 0 Å². The Labute approximate surface area is 86.0 Å². The maximum Gasteiger partial charge on any atom is 0.306 e. The normalized spacial score (nSPS) is 39.3. The quantitative estimate of drug-likeness (QED) is 0.646. The molecule has 3 atom stereocenters. The van der Waals surface area contributed by atoms with Crippen molar-refractivity contribution in [1.82, 2.24) is 0 Å². The van der Waals surface area contributed by atoms with Crippen LogP contribution in [0.4, 0.5) is 0 Å². The summed E-state index contributed by atoms with van der Waals surface area (Å²) in [6.07, 6.45) is 5.85. The Morgan fingerprint density at radius 2 is 2.29 bits per heavy atom. The highest BCUT2D eigenvalue weighted by Crippen LogP contribution is 2.71. The Morgan fingerprint density at radius 1 is 1.50 bits per heavy atom. The van der Waals surface area contributed by atoms with Crippen LogP contribution in [0.2, 0.25) is 0 Å². The lowest BCUT2D eigenvalue weighted by molar-refractivity contribution is -0.144. The minimum atomic E-state index is 0.0235. The van der Waals surface area contributed by atoms with Gasteiger partial charge in [-0.25, -0.2) is 0 Å². The van der Waals surface area contributed by atoms with Crippen molar-refractivity contribution in [3.05, 3.63) is 0 Å². The van der Waals surface area contributed by atoms with Crippen molar-refractivity contribution >= 4 is 5.97 Å². The van der Waals surface area contributed by atoms with Gasteiger partial charge in [0.25, 0.3) is 0 Å². The van der Waals surface area contributed by atoms with E-state index in [1.165, 1.54) is 25.7 Å². The molecule has 0 aromatic heterocycles. The van der Waals surface area contributed by atoms with Crippen molar-refractivity contribution in [3.8, 4) is 0 Å². The van der Waals surface area contributed by atoms with Gasteiger partial charge in [-0.05, 0) is 37.0 Å². The summed E-state index contributed by atoms with van der Waals surface area (Å²) < 4.78 is 5.05. The highest BCUT2D eigenvalue weighted by atomic mass is 16.5. The molecule has 2 aliphatic carbocycles. The van der Waals surface area contributed by atoms with Crippen molar-refractivity contribution in [3.63, 3.8) is 0 Å². The van der Waals surface area contributed by atoms with Gasteiger partial charge in [-0.2, -0.15) is 0 Å². The van der Waals surface area contributed by atoms with E-state index in [4.69, 9.17) is 4.74 Å². The summed E-state index contributed by atoms with van der Waals surface area (Å²) in [5.41, 5.74) is 0.376. The lowest BCUT2D eigenvalue weighted by Gasteiger charge is -2.13. The van der Waals surface area contributed by atoms with Crippen LogP contribution in [-0.4, -0.2) is 12.6 Å². The molecule has 2 heteroatoms. The van der Waals surface area contributed by atoms with Gasteiger partial charge in [-0.15, -0.1) is 0 Å². The zero-order valence-corrected chi connectivity index (χ0v) is 9.21. The predicted molar refractivity (Wildman–Crippen MR) is 54.8 cm³/mol. The van der Waals surface area contributed by atoms with Crippen LogP contribution in [0.25, 0.3) is 0 Å². The second-order valence-corrected chi connectivity index (χ2v) is 4.73. The molecule has 0 amide bonds. The SMILES string of the molecule is CCOC(=O)CC12CCCC1C2CC. The van der Waals surface area contributed by atoms with Crippen LogP contribution in [0.1, 0.15) is 46.0 Å². The number of carbonyl (C=O) groups is 1. The summed E-state index contributed by atoms with van der Waals surface area (Å²) in [6, 6.07) is 0. The van der Waals surface area contributed by atoms with E-state index in [2.05, 4.69) is 6.92 Å². The fraction of sp³-hybridized carbons (Fsp3) is 0.917. The van der Waals surface area contributed by atoms with Crippen LogP contribution in [0, 0.1) is 17.3 Å². The molecule has 2 rings (SSSR count). The van der Waals surface area contributed by atoms with Crippen LogP contribution in [-0.2, 0) is 9.53 Å². The highest BCUT2D eigenvalue weighted by molar-refractivity contribution is 5.71. The first-order chi connectivity index (χ1) is 6.74. The van der Waals surface area contributed by atoms with Crippen LogP contribution in [0.3, 0.4) is 0 Å². The number of rotatable bonds is 4. The topological polar surface area (TPSA) is 26.3 Å². The fourth-order valence-electron chi connectivity index (χ4n) is 3.70. The molecular formula is C12H20O2. The number of fused-ring (bicyclic) bond motifs is 1. The second kappa shape index (κ2) is 3.56. The molecule has 80 valence electrons. The first kappa shape index (κ1) is 10.0. The second-order valence-electron chi connectivity index (χ2n) is 4.73.